The lowest BCUT2D eigenvalue weighted by Gasteiger charge is -2.40. The molecule has 12 aromatic rings. The first kappa shape index (κ1) is 40.5. The van der Waals surface area contributed by atoms with E-state index in [0.29, 0.717) is 0 Å². The van der Waals surface area contributed by atoms with Gasteiger partial charge in [0.2, 0.25) is 0 Å². The second-order valence-corrected chi connectivity index (χ2v) is 18.1. The highest BCUT2D eigenvalue weighted by molar-refractivity contribution is 6.13. The molecule has 0 fully saturated rings. The summed E-state index contributed by atoms with van der Waals surface area (Å²) >= 11 is 0. The Hall–Kier alpha value is -8.77. The minimum atomic E-state index is -0.329. The summed E-state index contributed by atoms with van der Waals surface area (Å²) in [6, 6.07) is 90.0. The van der Waals surface area contributed by atoms with Crippen LogP contribution in [0, 0.1) is 0 Å². The Morgan fingerprint density at radius 3 is 1.57 bits per heavy atom. The second kappa shape index (κ2) is 16.8. The molecule has 69 heavy (non-hydrogen) atoms. The van der Waals surface area contributed by atoms with Crippen LogP contribution in [0.3, 0.4) is 0 Å². The number of aromatic nitrogens is 2. The summed E-state index contributed by atoms with van der Waals surface area (Å²) in [6.45, 7) is 0. The minimum absolute atomic E-state index is 0.158. The Labute approximate surface area is 401 Å². The Kier molecular flexibility index (Phi) is 9.88. The van der Waals surface area contributed by atoms with E-state index in [0.717, 1.165) is 39.4 Å². The fraction of sp³-hybridized carbons (Fsp3) is 0.0469. The maximum absolute atomic E-state index is 5.60. The van der Waals surface area contributed by atoms with Crippen molar-refractivity contribution in [3.8, 4) is 44.8 Å². The molecule has 2 unspecified atom stereocenters. The molecule has 5 nitrogen and oxygen atoms in total. The average molecular weight is 886 g/mol. The normalized spacial score (nSPS) is 15.2. The van der Waals surface area contributed by atoms with Gasteiger partial charge in [0.25, 0.3) is 0 Å². The molecule has 1 aliphatic rings. The third-order valence-corrected chi connectivity index (χ3v) is 14.1. The van der Waals surface area contributed by atoms with Gasteiger partial charge in [0, 0.05) is 38.4 Å². The van der Waals surface area contributed by atoms with Crippen molar-refractivity contribution in [3.63, 3.8) is 0 Å². The Morgan fingerprint density at radius 1 is 0.362 bits per heavy atom. The number of hydrogen-bond acceptors (Lipinski definition) is 3. The summed E-state index contributed by atoms with van der Waals surface area (Å²) in [5.74, 6) is 0.865. The van der Waals surface area contributed by atoms with Gasteiger partial charge in [-0.25, -0.2) is 4.99 Å². The van der Waals surface area contributed by atoms with Gasteiger partial charge in [0.1, 0.15) is 18.2 Å². The highest BCUT2D eigenvalue weighted by atomic mass is 15.4. The molecule has 328 valence electrons. The Balaban J connectivity index is 1.02. The van der Waals surface area contributed by atoms with Crippen LogP contribution in [0.4, 0.5) is 0 Å². The number of benzene rings is 10. The molecule has 1 aliphatic heterocycles. The molecular formula is C64H47N5. The highest BCUT2D eigenvalue weighted by Gasteiger charge is 2.33. The van der Waals surface area contributed by atoms with E-state index >= 15 is 0 Å². The van der Waals surface area contributed by atoms with Crippen LogP contribution in [0.5, 0.6) is 0 Å². The molecular weight excluding hydrogens is 839 g/mol. The fourth-order valence-electron chi connectivity index (χ4n) is 10.7. The van der Waals surface area contributed by atoms with Crippen LogP contribution in [0.1, 0.15) is 29.0 Å². The summed E-state index contributed by atoms with van der Waals surface area (Å²) in [5, 5.41) is 8.72. The van der Waals surface area contributed by atoms with Crippen molar-refractivity contribution in [2.24, 2.45) is 4.99 Å². The lowest BCUT2D eigenvalue weighted by Crippen LogP contribution is -2.46. The van der Waals surface area contributed by atoms with Gasteiger partial charge in [-0.05, 0) is 88.5 Å². The van der Waals surface area contributed by atoms with Crippen LogP contribution in [0.25, 0.3) is 88.4 Å². The number of fused-ring (bicyclic) bond motifs is 6. The summed E-state index contributed by atoms with van der Waals surface area (Å²) in [4.78, 5) is 7.98. The van der Waals surface area contributed by atoms with Crippen molar-refractivity contribution < 1.29 is 0 Å². The molecule has 0 saturated carbocycles. The topological polar surface area (TPSA) is 37.5 Å². The maximum atomic E-state index is 5.60. The average Bonchev–Trinajstić information content (AvgIpc) is 3.93. The van der Waals surface area contributed by atoms with Gasteiger partial charge in [-0.2, -0.15) is 0 Å². The molecule has 0 amide bonds. The van der Waals surface area contributed by atoms with E-state index < -0.39 is 0 Å². The fourth-order valence-corrected chi connectivity index (χ4v) is 10.7. The van der Waals surface area contributed by atoms with Crippen LogP contribution in [0.2, 0.25) is 0 Å². The molecule has 2 atom stereocenters. The molecule has 0 aliphatic carbocycles. The van der Waals surface area contributed by atoms with Crippen LogP contribution in [-0.4, -0.2) is 26.9 Å². The number of nitrogens with one attached hydrogen (secondary N) is 1. The zero-order chi connectivity index (χ0) is 45.8. The first-order valence-electron chi connectivity index (χ1n) is 23.7. The van der Waals surface area contributed by atoms with Gasteiger partial charge in [-0.15, -0.1) is 0 Å². The molecule has 2 aromatic heterocycles. The van der Waals surface area contributed by atoms with Gasteiger partial charge in [-0.3, -0.25) is 4.90 Å². The van der Waals surface area contributed by atoms with Crippen molar-refractivity contribution in [1.82, 2.24) is 19.4 Å². The van der Waals surface area contributed by atoms with Gasteiger partial charge < -0.3 is 14.5 Å². The zero-order valence-electron chi connectivity index (χ0n) is 38.1. The van der Waals surface area contributed by atoms with Crippen molar-refractivity contribution in [2.75, 3.05) is 7.05 Å². The molecule has 0 spiro atoms. The van der Waals surface area contributed by atoms with E-state index in [1.165, 1.54) is 71.5 Å². The molecule has 1 N–H and O–H groups in total. The van der Waals surface area contributed by atoms with Crippen LogP contribution >= 0.6 is 0 Å². The number of aliphatic imine (C=N–C) groups is 1. The molecule has 0 bridgehead atoms. The highest BCUT2D eigenvalue weighted by Crippen LogP contribution is 2.42. The minimum Gasteiger partial charge on any atom is -0.350 e. The first-order chi connectivity index (χ1) is 34.1. The smallest absolute Gasteiger partial charge is 0.134 e. The summed E-state index contributed by atoms with van der Waals surface area (Å²) in [5.41, 5.74) is 17.3. The van der Waals surface area contributed by atoms with E-state index in [2.05, 4.69) is 275 Å². The van der Waals surface area contributed by atoms with E-state index in [1.54, 1.807) is 0 Å². The zero-order valence-corrected chi connectivity index (χ0v) is 38.1. The lowest BCUT2D eigenvalue weighted by molar-refractivity contribution is 0.152. The maximum Gasteiger partial charge on any atom is 0.134 e. The third kappa shape index (κ3) is 7.02. The summed E-state index contributed by atoms with van der Waals surface area (Å²) in [7, 11) is 2.19. The summed E-state index contributed by atoms with van der Waals surface area (Å²) < 4.78 is 4.93. The molecule has 10 aromatic carbocycles. The third-order valence-electron chi connectivity index (χ3n) is 14.1. The van der Waals surface area contributed by atoms with E-state index in [1.807, 2.05) is 0 Å². The predicted molar refractivity (Wildman–Crippen MR) is 287 cm³/mol. The number of amidine groups is 1. The molecule has 13 rings (SSSR count). The number of hydrogen-bond donors (Lipinski definition) is 1. The predicted octanol–water partition coefficient (Wildman–Crippen LogP) is 15.6. The molecule has 0 saturated heterocycles. The second-order valence-electron chi connectivity index (χ2n) is 18.1. The van der Waals surface area contributed by atoms with Crippen LogP contribution < -0.4 is 5.32 Å². The van der Waals surface area contributed by atoms with Gasteiger partial charge in [-0.1, -0.05) is 206 Å². The van der Waals surface area contributed by atoms with Crippen molar-refractivity contribution in [3.05, 3.63) is 265 Å². The Morgan fingerprint density at radius 2 is 0.855 bits per heavy atom. The van der Waals surface area contributed by atoms with Crippen molar-refractivity contribution in [1.29, 1.82) is 0 Å². The largest absolute Gasteiger partial charge is 0.350 e. The number of nitrogens with zero attached hydrogens (tertiary/aromatic N) is 4. The molecule has 3 heterocycles. The van der Waals surface area contributed by atoms with E-state index in [9.17, 15) is 0 Å². The van der Waals surface area contributed by atoms with Crippen molar-refractivity contribution in [2.45, 2.75) is 12.3 Å². The van der Waals surface area contributed by atoms with Crippen molar-refractivity contribution >= 4 is 49.4 Å². The van der Waals surface area contributed by atoms with Crippen LogP contribution in [0.15, 0.2) is 254 Å². The number of rotatable bonds is 8. The Bertz CT molecular complexity index is 3870. The SMILES string of the molecule is CN1C(c2ccccc2-n2c3ccc(-c4ccccc4)cc3c3ccc(-n4c5ccccc5c5ccc(-c6ccccc6)cc54)cc32)N=C(c2ccccc2)NC1c1ccc(-c2ccccc2)cc1. The summed E-state index contributed by atoms with van der Waals surface area (Å²) in [6.07, 6.45) is -0.487. The van der Waals surface area contributed by atoms with Gasteiger partial charge in [0.05, 0.1) is 27.8 Å². The van der Waals surface area contributed by atoms with Gasteiger partial charge in [0.15, 0.2) is 0 Å². The quantitative estimate of drug-likeness (QED) is 0.165. The monoisotopic (exact) mass is 885 g/mol. The van der Waals surface area contributed by atoms with Crippen LogP contribution in [-0.2, 0) is 0 Å². The molecule has 0 radical (unpaired) electrons. The van der Waals surface area contributed by atoms with Gasteiger partial charge >= 0.3 is 0 Å². The van der Waals surface area contributed by atoms with E-state index in [-0.39, 0.29) is 12.3 Å². The number of para-hydroxylation sites is 2. The first-order valence-corrected chi connectivity index (χ1v) is 23.7. The lowest BCUT2D eigenvalue weighted by atomic mass is 10.0. The van der Waals surface area contributed by atoms with E-state index in [4.69, 9.17) is 4.99 Å². The molecule has 5 heteroatoms. The standard InChI is InChI=1S/C64H47N5/c1-67-63(48-32-30-46(31-33-48)43-18-6-2-7-19-43)65-62(47-24-12-5-13-25-47)66-64(67)55-27-15-17-29-58(55)69-59-39-35-49(44-20-8-3-9-21-44)40-56(59)54-38-36-51(42-61(54)69)68-57-28-16-14-26-52(57)53-37-34-50(41-60(53)68)45-22-10-4-11-23-45/h2-42,63-64H,1H3,(H,65,66).